The van der Waals surface area contributed by atoms with Gasteiger partial charge in [-0.2, -0.15) is 4.68 Å². The average Bonchev–Trinajstić information content (AvgIpc) is 3.21. The Kier molecular flexibility index (Phi) is 6.13. The number of benzene rings is 2. The Morgan fingerprint density at radius 1 is 1.21 bits per heavy atom. The normalized spacial score (nSPS) is 12.0. The first-order valence-corrected chi connectivity index (χ1v) is 8.69. The maximum atomic E-state index is 12.3. The van der Waals surface area contributed by atoms with Gasteiger partial charge in [-0.05, 0) is 40.3 Å². The second-order valence-electron chi connectivity index (χ2n) is 5.88. The number of rotatable bonds is 7. The molecule has 0 aliphatic carbocycles. The number of carbonyl (C=O) groups is 2. The van der Waals surface area contributed by atoms with Crippen molar-refractivity contribution in [3.05, 3.63) is 77.1 Å². The summed E-state index contributed by atoms with van der Waals surface area (Å²) in [6.07, 6.45) is 4.38. The summed E-state index contributed by atoms with van der Waals surface area (Å²) >= 11 is 6.04. The first kappa shape index (κ1) is 19.2. The van der Waals surface area contributed by atoms with E-state index < -0.39 is 17.9 Å². The Morgan fingerprint density at radius 3 is 2.68 bits per heavy atom. The van der Waals surface area contributed by atoms with Crippen LogP contribution >= 0.6 is 11.6 Å². The van der Waals surface area contributed by atoms with E-state index in [0.717, 1.165) is 5.56 Å². The van der Waals surface area contributed by atoms with Crippen molar-refractivity contribution in [3.63, 3.8) is 0 Å². The van der Waals surface area contributed by atoms with E-state index in [1.165, 1.54) is 23.2 Å². The van der Waals surface area contributed by atoms with E-state index in [1.54, 1.807) is 18.2 Å². The molecule has 8 nitrogen and oxygen atoms in total. The minimum Gasteiger partial charge on any atom is -0.480 e. The molecule has 9 heteroatoms. The molecule has 0 fully saturated rings. The van der Waals surface area contributed by atoms with Crippen LogP contribution in [0.4, 0.5) is 0 Å². The molecule has 0 radical (unpaired) electrons. The van der Waals surface area contributed by atoms with Gasteiger partial charge in [0.1, 0.15) is 12.4 Å². The van der Waals surface area contributed by atoms with E-state index in [1.807, 2.05) is 30.3 Å². The molecule has 1 atom stereocenters. The van der Waals surface area contributed by atoms with Crippen LogP contribution in [0.25, 0.3) is 11.8 Å². The molecule has 3 rings (SSSR count). The molecule has 0 saturated carbocycles. The average molecular weight is 398 g/mol. The number of carbonyl (C=O) groups excluding carboxylic acids is 1. The Hall–Kier alpha value is -3.52. The Bertz CT molecular complexity index is 990. The number of tetrazole rings is 1. The van der Waals surface area contributed by atoms with Crippen LogP contribution in [0.5, 0.6) is 0 Å². The van der Waals surface area contributed by atoms with Crippen LogP contribution in [-0.2, 0) is 16.0 Å². The van der Waals surface area contributed by atoms with E-state index in [4.69, 9.17) is 11.6 Å². The number of aliphatic carboxylic acids is 1. The quantitative estimate of drug-likeness (QED) is 0.591. The zero-order valence-electron chi connectivity index (χ0n) is 14.6. The third-order valence-corrected chi connectivity index (χ3v) is 4.13. The number of hydrogen-bond acceptors (Lipinski definition) is 5. The molecule has 0 saturated heterocycles. The Balaban J connectivity index is 1.74. The largest absolute Gasteiger partial charge is 0.480 e. The van der Waals surface area contributed by atoms with E-state index >= 15 is 0 Å². The van der Waals surface area contributed by atoms with Crippen LogP contribution in [-0.4, -0.2) is 43.2 Å². The summed E-state index contributed by atoms with van der Waals surface area (Å²) in [7, 11) is 0. The van der Waals surface area contributed by atoms with Crippen molar-refractivity contribution in [3.8, 4) is 5.69 Å². The second-order valence-corrected chi connectivity index (χ2v) is 6.32. The third kappa shape index (κ3) is 5.01. The van der Waals surface area contributed by atoms with E-state index in [9.17, 15) is 14.7 Å². The van der Waals surface area contributed by atoms with Gasteiger partial charge in [0.2, 0.25) is 5.91 Å². The highest BCUT2D eigenvalue weighted by Gasteiger charge is 2.19. The summed E-state index contributed by atoms with van der Waals surface area (Å²) in [5.74, 6) is -1.64. The lowest BCUT2D eigenvalue weighted by Crippen LogP contribution is -2.41. The number of amides is 1. The molecule has 1 aromatic heterocycles. The molecular weight excluding hydrogens is 382 g/mol. The van der Waals surface area contributed by atoms with E-state index in [-0.39, 0.29) is 6.42 Å². The number of nitrogens with one attached hydrogen (secondary N) is 1. The lowest BCUT2D eigenvalue weighted by atomic mass is 10.1. The topological polar surface area (TPSA) is 110 Å². The van der Waals surface area contributed by atoms with E-state index in [0.29, 0.717) is 16.3 Å². The molecule has 1 heterocycles. The molecule has 2 N–H and O–H groups in total. The van der Waals surface area contributed by atoms with Gasteiger partial charge in [-0.25, -0.2) is 4.79 Å². The van der Waals surface area contributed by atoms with Crippen molar-refractivity contribution in [2.24, 2.45) is 0 Å². The molecular formula is C19H16ClN5O3. The second kappa shape index (κ2) is 8.92. The Labute approximate surface area is 165 Å². The lowest BCUT2D eigenvalue weighted by molar-refractivity contribution is -0.141. The number of aromatic nitrogens is 4. The minimum atomic E-state index is -1.11. The first-order chi connectivity index (χ1) is 13.5. The highest BCUT2D eigenvalue weighted by Crippen LogP contribution is 2.20. The zero-order valence-corrected chi connectivity index (χ0v) is 15.3. The predicted molar refractivity (Wildman–Crippen MR) is 103 cm³/mol. The van der Waals surface area contributed by atoms with Crippen LogP contribution in [0.1, 0.15) is 11.1 Å². The number of nitrogens with zero attached hydrogens (tertiary/aromatic N) is 4. The van der Waals surface area contributed by atoms with Crippen molar-refractivity contribution in [1.29, 1.82) is 0 Å². The fraction of sp³-hybridized carbons (Fsp3) is 0.105. The summed E-state index contributed by atoms with van der Waals surface area (Å²) in [4.78, 5) is 23.7. The maximum absolute atomic E-state index is 12.3. The van der Waals surface area contributed by atoms with Gasteiger partial charge in [-0.3, -0.25) is 4.79 Å². The molecule has 0 spiro atoms. The molecule has 1 amide bonds. The molecule has 2 aromatic carbocycles. The number of hydrogen-bond donors (Lipinski definition) is 2. The van der Waals surface area contributed by atoms with Crippen LogP contribution in [0.15, 0.2) is 60.9 Å². The summed E-state index contributed by atoms with van der Waals surface area (Å²) in [6, 6.07) is 13.1. The molecule has 142 valence electrons. The van der Waals surface area contributed by atoms with Crippen molar-refractivity contribution in [2.75, 3.05) is 0 Å². The number of carboxylic acid groups (broad SMARTS) is 1. The van der Waals surface area contributed by atoms with Crippen LogP contribution in [0.2, 0.25) is 5.02 Å². The van der Waals surface area contributed by atoms with Gasteiger partial charge in [0.15, 0.2) is 0 Å². The van der Waals surface area contributed by atoms with Gasteiger partial charge in [-0.15, -0.1) is 5.10 Å². The van der Waals surface area contributed by atoms with Gasteiger partial charge in [0.05, 0.1) is 5.69 Å². The number of carboxylic acids is 1. The maximum Gasteiger partial charge on any atom is 0.326 e. The SMILES string of the molecule is O=C(/C=C/c1cc(Cl)ccc1-n1cnnn1)N[C@@H](Cc1ccccc1)C(=O)O. The standard InChI is InChI=1S/C19H16ClN5O3/c20-15-7-8-17(25-12-21-23-24-25)14(11-15)6-9-18(26)22-16(19(27)28)10-13-4-2-1-3-5-13/h1-9,11-12,16H,10H2,(H,22,26)(H,27,28)/b9-6+/t16-/m0/s1. The van der Waals surface area contributed by atoms with Gasteiger partial charge < -0.3 is 10.4 Å². The Morgan fingerprint density at radius 2 is 2.00 bits per heavy atom. The molecule has 0 bridgehead atoms. The lowest BCUT2D eigenvalue weighted by Gasteiger charge is -2.13. The molecule has 0 unspecified atom stereocenters. The summed E-state index contributed by atoms with van der Waals surface area (Å²) < 4.78 is 1.43. The fourth-order valence-corrected chi connectivity index (χ4v) is 2.75. The van der Waals surface area contributed by atoms with Gasteiger partial charge in [0.25, 0.3) is 0 Å². The molecule has 0 aliphatic heterocycles. The van der Waals surface area contributed by atoms with Gasteiger partial charge >= 0.3 is 5.97 Å². The summed E-state index contributed by atoms with van der Waals surface area (Å²) in [5.41, 5.74) is 2.04. The van der Waals surface area contributed by atoms with Crippen LogP contribution in [0.3, 0.4) is 0 Å². The summed E-state index contributed by atoms with van der Waals surface area (Å²) in [6.45, 7) is 0. The molecule has 0 aliphatic rings. The molecule has 3 aromatic rings. The smallest absolute Gasteiger partial charge is 0.326 e. The minimum absolute atomic E-state index is 0.183. The van der Waals surface area contributed by atoms with Crippen molar-refractivity contribution in [2.45, 2.75) is 12.5 Å². The molecule has 28 heavy (non-hydrogen) atoms. The fourth-order valence-electron chi connectivity index (χ4n) is 2.57. The van der Waals surface area contributed by atoms with Crippen LogP contribution < -0.4 is 5.32 Å². The number of halogens is 1. The highest BCUT2D eigenvalue weighted by atomic mass is 35.5. The van der Waals surface area contributed by atoms with Gasteiger partial charge in [0, 0.05) is 23.1 Å². The third-order valence-electron chi connectivity index (χ3n) is 3.90. The zero-order chi connectivity index (χ0) is 19.9. The van der Waals surface area contributed by atoms with Crippen molar-refractivity contribution >= 4 is 29.6 Å². The monoisotopic (exact) mass is 397 g/mol. The van der Waals surface area contributed by atoms with E-state index in [2.05, 4.69) is 20.8 Å². The predicted octanol–water partition coefficient (Wildman–Crippen LogP) is 2.14. The van der Waals surface area contributed by atoms with Gasteiger partial charge in [-0.1, -0.05) is 41.9 Å². The van der Waals surface area contributed by atoms with Crippen molar-refractivity contribution in [1.82, 2.24) is 25.5 Å². The first-order valence-electron chi connectivity index (χ1n) is 8.31. The summed E-state index contributed by atoms with van der Waals surface area (Å²) in [5, 5.41) is 23.4. The highest BCUT2D eigenvalue weighted by molar-refractivity contribution is 6.30. The van der Waals surface area contributed by atoms with Crippen molar-refractivity contribution < 1.29 is 14.7 Å². The van der Waals surface area contributed by atoms with Crippen LogP contribution in [0, 0.1) is 0 Å².